The van der Waals surface area contributed by atoms with Crippen LogP contribution >= 0.6 is 11.6 Å². The molecule has 0 aliphatic carbocycles. The molecular weight excluding hydrogens is 285 g/mol. The van der Waals surface area contributed by atoms with Crippen molar-refractivity contribution in [3.63, 3.8) is 0 Å². The van der Waals surface area contributed by atoms with Gasteiger partial charge >= 0.3 is 12.1 Å². The first-order chi connectivity index (χ1) is 8.45. The Morgan fingerprint density at radius 1 is 1.32 bits per heavy atom. The minimum Gasteiger partial charge on any atom is -0.506 e. The minimum atomic E-state index is -4.75. The van der Waals surface area contributed by atoms with Crippen LogP contribution in [0.25, 0.3) is 0 Å². The number of benzene rings is 1. The second kappa shape index (κ2) is 4.92. The number of rotatable bonds is 3. The van der Waals surface area contributed by atoms with Crippen LogP contribution in [0.15, 0.2) is 12.1 Å². The molecule has 0 saturated heterocycles. The highest BCUT2D eigenvalue weighted by Crippen LogP contribution is 2.41. The van der Waals surface area contributed by atoms with Crippen molar-refractivity contribution in [2.45, 2.75) is 26.4 Å². The lowest BCUT2D eigenvalue weighted by Gasteiger charge is -2.20. The predicted octanol–water partition coefficient (Wildman–Crippen LogP) is 3.72. The highest BCUT2D eigenvalue weighted by Gasteiger charge is 2.36. The molecule has 2 N–H and O–H groups in total. The summed E-state index contributed by atoms with van der Waals surface area (Å²) in [7, 11) is 0. The Morgan fingerprint density at radius 2 is 1.84 bits per heavy atom. The molecule has 0 aromatic heterocycles. The molecule has 0 aliphatic heterocycles. The van der Waals surface area contributed by atoms with E-state index in [4.69, 9.17) is 16.7 Å². The molecule has 0 amide bonds. The molecule has 1 aromatic carbocycles. The van der Waals surface area contributed by atoms with Gasteiger partial charge in [0.25, 0.3) is 0 Å². The molecule has 0 aliphatic rings. The van der Waals surface area contributed by atoms with Crippen molar-refractivity contribution in [2.24, 2.45) is 5.41 Å². The van der Waals surface area contributed by atoms with E-state index in [1.807, 2.05) is 0 Å². The average molecular weight is 297 g/mol. The third kappa shape index (κ3) is 3.53. The molecule has 7 heteroatoms. The fraction of sp³-hybridized carbons (Fsp3) is 0.417. The van der Waals surface area contributed by atoms with Gasteiger partial charge in [0.15, 0.2) is 0 Å². The third-order valence-electron chi connectivity index (χ3n) is 2.65. The zero-order chi connectivity index (χ0) is 15.0. The minimum absolute atomic E-state index is 0.0996. The van der Waals surface area contributed by atoms with E-state index < -0.39 is 33.9 Å². The largest absolute Gasteiger partial charge is 0.506 e. The molecule has 0 unspecified atom stereocenters. The second-order valence-electron chi connectivity index (χ2n) is 4.84. The van der Waals surface area contributed by atoms with Gasteiger partial charge in [-0.15, -0.1) is 0 Å². The molecular formula is C12H12ClF3O3. The Labute approximate surface area is 112 Å². The molecule has 0 saturated carbocycles. The normalized spacial score (nSPS) is 12.5. The number of carbonyl (C=O) groups is 1. The highest BCUT2D eigenvalue weighted by atomic mass is 35.5. The summed E-state index contributed by atoms with van der Waals surface area (Å²) in [5, 5.41) is 17.8. The number of phenols is 1. The van der Waals surface area contributed by atoms with E-state index in [-0.39, 0.29) is 12.0 Å². The van der Waals surface area contributed by atoms with E-state index in [1.54, 1.807) is 0 Å². The highest BCUT2D eigenvalue weighted by molar-refractivity contribution is 6.32. The number of alkyl halides is 3. The molecule has 0 atom stereocenters. The molecule has 0 heterocycles. The summed E-state index contributed by atoms with van der Waals surface area (Å²) < 4.78 is 38.0. The number of carboxylic acid groups (broad SMARTS) is 1. The summed E-state index contributed by atoms with van der Waals surface area (Å²) in [5.41, 5.74) is -2.40. The van der Waals surface area contributed by atoms with Crippen molar-refractivity contribution < 1.29 is 28.2 Å². The van der Waals surface area contributed by atoms with Crippen molar-refractivity contribution >= 4 is 17.6 Å². The number of hydrogen-bond acceptors (Lipinski definition) is 2. The predicted molar refractivity (Wildman–Crippen MR) is 63.2 cm³/mol. The zero-order valence-corrected chi connectivity index (χ0v) is 10.9. The van der Waals surface area contributed by atoms with E-state index in [0.717, 1.165) is 6.07 Å². The van der Waals surface area contributed by atoms with Gasteiger partial charge in [0.1, 0.15) is 5.75 Å². The molecule has 0 fully saturated rings. The first-order valence-electron chi connectivity index (χ1n) is 5.27. The van der Waals surface area contributed by atoms with Crippen LogP contribution in [0.5, 0.6) is 5.75 Å². The van der Waals surface area contributed by atoms with Crippen molar-refractivity contribution in [3.05, 3.63) is 28.3 Å². The number of halogens is 4. The SMILES string of the molecule is CC(C)(Cc1cc(Cl)c(O)c(C(F)(F)F)c1)C(=O)O. The standard InChI is InChI=1S/C12H12ClF3O3/c1-11(2,10(18)19)5-6-3-7(12(14,15)16)9(17)8(13)4-6/h3-4,17H,5H2,1-2H3,(H,18,19). The second-order valence-corrected chi connectivity index (χ2v) is 5.24. The fourth-order valence-corrected chi connectivity index (χ4v) is 1.80. The molecule has 1 rings (SSSR count). The van der Waals surface area contributed by atoms with Crippen molar-refractivity contribution in [1.29, 1.82) is 0 Å². The molecule has 0 spiro atoms. The van der Waals surface area contributed by atoms with Gasteiger partial charge in [-0.2, -0.15) is 13.2 Å². The monoisotopic (exact) mass is 296 g/mol. The van der Waals surface area contributed by atoms with Crippen LogP contribution in [0.3, 0.4) is 0 Å². The maximum absolute atomic E-state index is 12.7. The summed E-state index contributed by atoms with van der Waals surface area (Å²) in [6.07, 6.45) is -4.89. The number of carboxylic acids is 1. The van der Waals surface area contributed by atoms with Gasteiger partial charge in [0, 0.05) is 0 Å². The Morgan fingerprint density at radius 3 is 2.26 bits per heavy atom. The van der Waals surface area contributed by atoms with Crippen LogP contribution in [0, 0.1) is 5.41 Å². The Balaban J connectivity index is 3.26. The van der Waals surface area contributed by atoms with Crippen molar-refractivity contribution in [1.82, 2.24) is 0 Å². The van der Waals surface area contributed by atoms with Crippen LogP contribution in [0.4, 0.5) is 13.2 Å². The molecule has 3 nitrogen and oxygen atoms in total. The van der Waals surface area contributed by atoms with Crippen LogP contribution in [0.1, 0.15) is 25.0 Å². The van der Waals surface area contributed by atoms with Crippen LogP contribution in [-0.2, 0) is 17.4 Å². The Kier molecular flexibility index (Phi) is 4.05. The lowest BCUT2D eigenvalue weighted by Crippen LogP contribution is -2.26. The lowest BCUT2D eigenvalue weighted by molar-refractivity contribution is -0.146. The quantitative estimate of drug-likeness (QED) is 0.894. The van der Waals surface area contributed by atoms with Gasteiger partial charge < -0.3 is 10.2 Å². The number of hydrogen-bond donors (Lipinski definition) is 2. The summed E-state index contributed by atoms with van der Waals surface area (Å²) >= 11 is 5.54. The van der Waals surface area contributed by atoms with E-state index in [2.05, 4.69) is 0 Å². The first-order valence-corrected chi connectivity index (χ1v) is 5.65. The third-order valence-corrected chi connectivity index (χ3v) is 2.94. The Bertz CT molecular complexity index is 510. The summed E-state index contributed by atoms with van der Waals surface area (Å²) in [4.78, 5) is 11.0. The molecule has 0 radical (unpaired) electrons. The molecule has 106 valence electrons. The molecule has 0 bridgehead atoms. The zero-order valence-electron chi connectivity index (χ0n) is 10.2. The smallest absolute Gasteiger partial charge is 0.420 e. The average Bonchev–Trinajstić information content (AvgIpc) is 2.20. The van der Waals surface area contributed by atoms with Gasteiger partial charge in [-0.3, -0.25) is 4.79 Å². The van der Waals surface area contributed by atoms with E-state index in [9.17, 15) is 23.1 Å². The number of phenolic OH excluding ortho intramolecular Hbond substituents is 1. The summed E-state index contributed by atoms with van der Waals surface area (Å²) in [6.45, 7) is 2.78. The molecule has 1 aromatic rings. The van der Waals surface area contributed by atoms with Crippen LogP contribution in [0.2, 0.25) is 5.02 Å². The number of aliphatic carboxylic acids is 1. The summed E-state index contributed by atoms with van der Waals surface area (Å²) in [5.74, 6) is -2.18. The lowest BCUT2D eigenvalue weighted by atomic mass is 9.85. The van der Waals surface area contributed by atoms with E-state index in [0.29, 0.717) is 6.07 Å². The van der Waals surface area contributed by atoms with Gasteiger partial charge in [-0.1, -0.05) is 11.6 Å². The topological polar surface area (TPSA) is 57.5 Å². The fourth-order valence-electron chi connectivity index (χ4n) is 1.56. The van der Waals surface area contributed by atoms with Gasteiger partial charge in [0.05, 0.1) is 16.0 Å². The van der Waals surface area contributed by atoms with E-state index in [1.165, 1.54) is 13.8 Å². The van der Waals surface area contributed by atoms with Gasteiger partial charge in [-0.25, -0.2) is 0 Å². The Hall–Kier alpha value is -1.43. The van der Waals surface area contributed by atoms with Crippen LogP contribution in [-0.4, -0.2) is 16.2 Å². The molecule has 19 heavy (non-hydrogen) atoms. The first kappa shape index (κ1) is 15.6. The van der Waals surface area contributed by atoms with Crippen LogP contribution < -0.4 is 0 Å². The van der Waals surface area contributed by atoms with E-state index >= 15 is 0 Å². The number of aromatic hydroxyl groups is 1. The maximum Gasteiger partial charge on any atom is 0.420 e. The van der Waals surface area contributed by atoms with Crippen molar-refractivity contribution in [3.8, 4) is 5.75 Å². The van der Waals surface area contributed by atoms with Crippen molar-refractivity contribution in [2.75, 3.05) is 0 Å². The maximum atomic E-state index is 12.7. The summed E-state index contributed by atoms with van der Waals surface area (Å²) in [6, 6.07) is 1.85. The van der Waals surface area contributed by atoms with Gasteiger partial charge in [0.2, 0.25) is 0 Å². The van der Waals surface area contributed by atoms with Gasteiger partial charge in [-0.05, 0) is 38.0 Å².